The molecule has 0 aliphatic heterocycles. The Bertz CT molecular complexity index is 1060. The zero-order valence-electron chi connectivity index (χ0n) is 14.9. The van der Waals surface area contributed by atoms with Gasteiger partial charge in [-0.2, -0.15) is 0 Å². The van der Waals surface area contributed by atoms with Crippen LogP contribution in [0.1, 0.15) is 26.5 Å². The first kappa shape index (κ1) is 19.4. The fourth-order valence-electron chi connectivity index (χ4n) is 2.68. The van der Waals surface area contributed by atoms with Gasteiger partial charge in [-0.1, -0.05) is 22.8 Å². The maximum Gasteiger partial charge on any atom is 0.261 e. The molecule has 0 saturated heterocycles. The van der Waals surface area contributed by atoms with Gasteiger partial charge >= 0.3 is 0 Å². The molecular formula is C19H15ClFN3O4. The molecule has 0 bridgehead atoms. The highest BCUT2D eigenvalue weighted by molar-refractivity contribution is 6.33. The molecule has 3 rings (SSSR count). The van der Waals surface area contributed by atoms with Gasteiger partial charge in [0.2, 0.25) is 5.91 Å². The average molecular weight is 404 g/mol. The predicted octanol–water partition coefficient (Wildman–Crippen LogP) is 3.80. The highest BCUT2D eigenvalue weighted by Crippen LogP contribution is 2.34. The number of hydrogen-bond acceptors (Lipinski definition) is 5. The minimum Gasteiger partial charge on any atom is -0.495 e. The summed E-state index contributed by atoms with van der Waals surface area (Å²) in [5.74, 6) is -1.50. The number of amides is 2. The molecule has 144 valence electrons. The van der Waals surface area contributed by atoms with E-state index in [0.717, 1.165) is 0 Å². The summed E-state index contributed by atoms with van der Waals surface area (Å²) in [5, 5.41) is 6.48. The zero-order chi connectivity index (χ0) is 20.4. The van der Waals surface area contributed by atoms with E-state index in [9.17, 15) is 14.0 Å². The van der Waals surface area contributed by atoms with Crippen LogP contribution in [0.2, 0.25) is 5.02 Å². The van der Waals surface area contributed by atoms with Crippen molar-refractivity contribution in [3.63, 3.8) is 0 Å². The lowest BCUT2D eigenvalue weighted by Gasteiger charge is -2.12. The first-order valence-corrected chi connectivity index (χ1v) is 8.41. The number of aryl methyl sites for hydroxylation is 1. The van der Waals surface area contributed by atoms with Crippen LogP contribution in [0, 0.1) is 12.7 Å². The molecule has 28 heavy (non-hydrogen) atoms. The second kappa shape index (κ2) is 7.69. The first-order chi connectivity index (χ1) is 13.3. The summed E-state index contributed by atoms with van der Waals surface area (Å²) in [6.45, 7) is 1.51. The van der Waals surface area contributed by atoms with Gasteiger partial charge in [-0.15, -0.1) is 0 Å². The van der Waals surface area contributed by atoms with E-state index in [2.05, 4.69) is 10.5 Å². The molecule has 0 atom stereocenters. The topological polar surface area (TPSA) is 107 Å². The lowest BCUT2D eigenvalue weighted by Crippen LogP contribution is -2.16. The molecule has 2 aromatic carbocycles. The number of primary amides is 1. The average Bonchev–Trinajstić information content (AvgIpc) is 3.02. The molecule has 2 amide bonds. The zero-order valence-corrected chi connectivity index (χ0v) is 15.6. The molecule has 9 heteroatoms. The van der Waals surface area contributed by atoms with Crippen LogP contribution in [0.3, 0.4) is 0 Å². The third-order valence-electron chi connectivity index (χ3n) is 4.02. The molecule has 3 aromatic rings. The lowest BCUT2D eigenvalue weighted by atomic mass is 10.0. The van der Waals surface area contributed by atoms with E-state index < -0.39 is 17.6 Å². The molecule has 7 nitrogen and oxygen atoms in total. The third kappa shape index (κ3) is 3.54. The van der Waals surface area contributed by atoms with E-state index in [1.54, 1.807) is 0 Å². The normalized spacial score (nSPS) is 10.6. The van der Waals surface area contributed by atoms with Crippen molar-refractivity contribution in [2.75, 3.05) is 12.4 Å². The number of rotatable bonds is 5. The van der Waals surface area contributed by atoms with Gasteiger partial charge in [-0.25, -0.2) is 4.39 Å². The van der Waals surface area contributed by atoms with Crippen molar-refractivity contribution >= 4 is 29.1 Å². The van der Waals surface area contributed by atoms with Gasteiger partial charge in [0.05, 0.1) is 23.4 Å². The summed E-state index contributed by atoms with van der Waals surface area (Å²) >= 11 is 6.09. The number of methoxy groups -OCH3 is 1. The molecule has 1 aromatic heterocycles. The maximum absolute atomic E-state index is 14.3. The molecule has 0 spiro atoms. The largest absolute Gasteiger partial charge is 0.495 e. The number of hydrogen-bond donors (Lipinski definition) is 2. The Balaban J connectivity index is 2.05. The second-order valence-electron chi connectivity index (χ2n) is 5.79. The molecule has 0 unspecified atom stereocenters. The van der Waals surface area contributed by atoms with E-state index in [1.807, 2.05) is 0 Å². The number of nitrogens with two attached hydrogens (primary N) is 1. The maximum atomic E-state index is 14.3. The number of aromatic nitrogens is 1. The van der Waals surface area contributed by atoms with Gasteiger partial charge in [0, 0.05) is 5.56 Å². The van der Waals surface area contributed by atoms with Crippen molar-refractivity contribution in [3.05, 3.63) is 64.1 Å². The summed E-state index contributed by atoms with van der Waals surface area (Å²) in [7, 11) is 1.41. The first-order valence-electron chi connectivity index (χ1n) is 8.03. The molecular weight excluding hydrogens is 389 g/mol. The van der Waals surface area contributed by atoms with Crippen LogP contribution >= 0.6 is 11.6 Å². The summed E-state index contributed by atoms with van der Waals surface area (Å²) in [6, 6.07) is 8.44. The smallest absolute Gasteiger partial charge is 0.261 e. The Morgan fingerprint density at radius 2 is 2.04 bits per heavy atom. The number of carbonyl (C=O) groups excluding carboxylic acids is 2. The van der Waals surface area contributed by atoms with E-state index in [4.69, 9.17) is 26.6 Å². The van der Waals surface area contributed by atoms with E-state index in [-0.39, 0.29) is 38.9 Å². The van der Waals surface area contributed by atoms with Crippen molar-refractivity contribution in [3.8, 4) is 17.0 Å². The second-order valence-corrected chi connectivity index (χ2v) is 6.20. The predicted molar refractivity (Wildman–Crippen MR) is 101 cm³/mol. The Morgan fingerprint density at radius 1 is 1.29 bits per heavy atom. The van der Waals surface area contributed by atoms with Crippen LogP contribution in [0.5, 0.6) is 5.75 Å². The summed E-state index contributed by atoms with van der Waals surface area (Å²) in [6.07, 6.45) is 0. The quantitative estimate of drug-likeness (QED) is 0.673. The van der Waals surface area contributed by atoms with E-state index in [1.165, 1.54) is 50.4 Å². The Hall–Kier alpha value is -3.39. The Kier molecular flexibility index (Phi) is 5.32. The van der Waals surface area contributed by atoms with Gasteiger partial charge in [-0.3, -0.25) is 9.59 Å². The number of carbonyl (C=O) groups is 2. The van der Waals surface area contributed by atoms with Crippen LogP contribution in [0.15, 0.2) is 40.9 Å². The molecule has 0 radical (unpaired) electrons. The number of anilines is 1. The summed E-state index contributed by atoms with van der Waals surface area (Å²) < 4.78 is 24.6. The van der Waals surface area contributed by atoms with Gasteiger partial charge < -0.3 is 20.3 Å². The van der Waals surface area contributed by atoms with Crippen LogP contribution in [-0.4, -0.2) is 24.1 Å². The van der Waals surface area contributed by atoms with Crippen molar-refractivity contribution in [1.29, 1.82) is 0 Å². The third-order valence-corrected chi connectivity index (χ3v) is 4.34. The number of benzene rings is 2. The van der Waals surface area contributed by atoms with E-state index in [0.29, 0.717) is 5.75 Å². The fourth-order valence-corrected chi connectivity index (χ4v) is 2.93. The standard InChI is InChI=1S/C19H15ClFN3O4/c1-9-15(17(24-28-9)16-11(20)4-3-5-12(16)21)19(26)23-13-8-10(18(22)25)6-7-14(13)27-2/h3-8H,1-2H3,(H2,22,25)(H,23,26). The minimum absolute atomic E-state index is 0.00136. The van der Waals surface area contributed by atoms with Gasteiger partial charge in [0.15, 0.2) is 0 Å². The van der Waals surface area contributed by atoms with Gasteiger partial charge in [-0.05, 0) is 37.3 Å². The SMILES string of the molecule is COc1ccc(C(N)=O)cc1NC(=O)c1c(-c2c(F)cccc2Cl)noc1C. The summed E-state index contributed by atoms with van der Waals surface area (Å²) in [4.78, 5) is 24.3. The monoisotopic (exact) mass is 403 g/mol. The van der Waals surface area contributed by atoms with E-state index >= 15 is 0 Å². The highest BCUT2D eigenvalue weighted by atomic mass is 35.5. The molecule has 0 saturated carbocycles. The van der Waals surface area contributed by atoms with Gasteiger partial charge in [0.1, 0.15) is 28.6 Å². The van der Waals surface area contributed by atoms with Crippen LogP contribution in [0.4, 0.5) is 10.1 Å². The fraction of sp³-hybridized carbons (Fsp3) is 0.105. The van der Waals surface area contributed by atoms with Crippen molar-refractivity contribution in [2.45, 2.75) is 6.92 Å². The molecule has 3 N–H and O–H groups in total. The highest BCUT2D eigenvalue weighted by Gasteiger charge is 2.26. The van der Waals surface area contributed by atoms with Crippen LogP contribution in [-0.2, 0) is 0 Å². The Labute approximate surface area is 164 Å². The Morgan fingerprint density at radius 3 is 2.68 bits per heavy atom. The summed E-state index contributed by atoms with van der Waals surface area (Å²) in [5.41, 5.74) is 5.57. The number of nitrogens with one attached hydrogen (secondary N) is 1. The van der Waals surface area contributed by atoms with Crippen molar-refractivity contribution in [1.82, 2.24) is 5.16 Å². The minimum atomic E-state index is -0.668. The van der Waals surface area contributed by atoms with Crippen LogP contribution < -0.4 is 15.8 Å². The lowest BCUT2D eigenvalue weighted by molar-refractivity contribution is 0.0995. The van der Waals surface area contributed by atoms with Gasteiger partial charge in [0.25, 0.3) is 5.91 Å². The number of ether oxygens (including phenoxy) is 1. The van der Waals surface area contributed by atoms with Crippen LogP contribution in [0.25, 0.3) is 11.3 Å². The van der Waals surface area contributed by atoms with Crippen molar-refractivity contribution in [2.24, 2.45) is 5.73 Å². The molecule has 0 aliphatic rings. The molecule has 0 aliphatic carbocycles. The van der Waals surface area contributed by atoms with Crippen molar-refractivity contribution < 1.29 is 23.2 Å². The number of nitrogens with zero attached hydrogens (tertiary/aromatic N) is 1. The molecule has 1 heterocycles. The molecule has 0 fully saturated rings. The number of halogens is 2.